The second-order valence-electron chi connectivity index (χ2n) is 8.54. The van der Waals surface area contributed by atoms with Gasteiger partial charge in [-0.15, -0.1) is 0 Å². The number of piperidine rings is 1. The number of amides is 2. The summed E-state index contributed by atoms with van der Waals surface area (Å²) in [4.78, 5) is 25.7. The predicted octanol–water partition coefficient (Wildman–Crippen LogP) is 0.887. The van der Waals surface area contributed by atoms with E-state index in [1.54, 1.807) is 21.0 Å². The zero-order valence-electron chi connectivity index (χ0n) is 19.1. The van der Waals surface area contributed by atoms with Crippen molar-refractivity contribution in [3.63, 3.8) is 0 Å². The molecule has 2 N–H and O–H groups in total. The molecular formula is C20H31N7O4S. The van der Waals surface area contributed by atoms with Crippen LogP contribution in [0.1, 0.15) is 42.9 Å². The molecule has 32 heavy (non-hydrogen) atoms. The highest BCUT2D eigenvalue weighted by Crippen LogP contribution is 2.26. The maximum atomic E-state index is 13.1. The first kappa shape index (κ1) is 23.9. The van der Waals surface area contributed by atoms with Gasteiger partial charge in [0.1, 0.15) is 10.6 Å². The SMILES string of the molecule is Cc1c(S(=O)(=O)N2CCC[C@@H](C(=O)Nc3cnn(C)c3C(=O)NCC(C)C)C2)cnn1C. The molecule has 0 bridgehead atoms. The average molecular weight is 466 g/mol. The molecule has 2 amide bonds. The number of nitrogens with zero attached hydrogens (tertiary/aromatic N) is 5. The zero-order chi connectivity index (χ0) is 23.6. The van der Waals surface area contributed by atoms with Gasteiger partial charge < -0.3 is 10.6 Å². The molecular weight excluding hydrogens is 434 g/mol. The van der Waals surface area contributed by atoms with Crippen LogP contribution in [-0.2, 0) is 28.9 Å². The van der Waals surface area contributed by atoms with Gasteiger partial charge in [-0.1, -0.05) is 13.8 Å². The molecule has 3 heterocycles. The summed E-state index contributed by atoms with van der Waals surface area (Å²) >= 11 is 0. The Labute approximate surface area is 188 Å². The van der Waals surface area contributed by atoms with Crippen LogP contribution >= 0.6 is 0 Å². The standard InChI is InChI=1S/C20H31N7O4S/c1-13(2)9-21-20(29)18-16(10-22-26(18)5)24-19(28)15-7-6-8-27(12-15)32(30,31)17-11-23-25(4)14(17)3/h10-11,13,15H,6-9,12H2,1-5H3,(H,21,29)(H,24,28)/t15-/m1/s1. The molecule has 0 aromatic carbocycles. The monoisotopic (exact) mass is 465 g/mol. The summed E-state index contributed by atoms with van der Waals surface area (Å²) < 4.78 is 30.4. The Balaban J connectivity index is 1.73. The molecule has 0 aliphatic carbocycles. The van der Waals surface area contributed by atoms with Crippen molar-refractivity contribution in [2.24, 2.45) is 25.9 Å². The van der Waals surface area contributed by atoms with E-state index >= 15 is 0 Å². The Morgan fingerprint density at radius 2 is 1.88 bits per heavy atom. The van der Waals surface area contributed by atoms with Crippen LogP contribution in [0.15, 0.2) is 17.3 Å². The molecule has 1 fully saturated rings. The van der Waals surface area contributed by atoms with Crippen LogP contribution in [0.4, 0.5) is 5.69 Å². The number of aryl methyl sites for hydroxylation is 2. The highest BCUT2D eigenvalue weighted by Gasteiger charge is 2.35. The Kier molecular flexibility index (Phi) is 7.03. The number of rotatable bonds is 7. The van der Waals surface area contributed by atoms with Crippen molar-refractivity contribution in [3.05, 3.63) is 23.8 Å². The maximum Gasteiger partial charge on any atom is 0.271 e. The van der Waals surface area contributed by atoms with Gasteiger partial charge in [-0.25, -0.2) is 8.42 Å². The van der Waals surface area contributed by atoms with Gasteiger partial charge in [-0.3, -0.25) is 19.0 Å². The highest BCUT2D eigenvalue weighted by molar-refractivity contribution is 7.89. The minimum Gasteiger partial charge on any atom is -0.350 e. The summed E-state index contributed by atoms with van der Waals surface area (Å²) in [5.74, 6) is -0.918. The average Bonchev–Trinajstić information content (AvgIpc) is 3.28. The number of nitrogens with one attached hydrogen (secondary N) is 2. The van der Waals surface area contributed by atoms with Crippen molar-refractivity contribution in [2.45, 2.75) is 38.5 Å². The molecule has 3 rings (SSSR count). The van der Waals surface area contributed by atoms with Crippen LogP contribution in [0.2, 0.25) is 0 Å². The third-order valence-corrected chi connectivity index (χ3v) is 7.61. The minimum atomic E-state index is -3.75. The molecule has 1 atom stereocenters. The van der Waals surface area contributed by atoms with Crippen LogP contribution in [0, 0.1) is 18.8 Å². The fourth-order valence-corrected chi connectivity index (χ4v) is 5.37. The third-order valence-electron chi connectivity index (χ3n) is 5.65. The second kappa shape index (κ2) is 9.41. The molecule has 2 aromatic rings. The van der Waals surface area contributed by atoms with Gasteiger partial charge in [0.15, 0.2) is 0 Å². The Bertz CT molecular complexity index is 1100. The van der Waals surface area contributed by atoms with Gasteiger partial charge in [-0.2, -0.15) is 14.5 Å². The quantitative estimate of drug-likeness (QED) is 0.624. The summed E-state index contributed by atoms with van der Waals surface area (Å²) in [6, 6.07) is 0. The van der Waals surface area contributed by atoms with Crippen molar-refractivity contribution in [1.29, 1.82) is 0 Å². The predicted molar refractivity (Wildman–Crippen MR) is 118 cm³/mol. The van der Waals surface area contributed by atoms with Crippen molar-refractivity contribution in [3.8, 4) is 0 Å². The van der Waals surface area contributed by atoms with Crippen molar-refractivity contribution in [2.75, 3.05) is 25.0 Å². The third kappa shape index (κ3) is 4.85. The number of aromatic nitrogens is 4. The van der Waals surface area contributed by atoms with E-state index in [2.05, 4.69) is 20.8 Å². The molecule has 12 heteroatoms. The van der Waals surface area contributed by atoms with Crippen LogP contribution in [0.3, 0.4) is 0 Å². The lowest BCUT2D eigenvalue weighted by molar-refractivity contribution is -0.120. The number of hydrogen-bond donors (Lipinski definition) is 2. The van der Waals surface area contributed by atoms with Gasteiger partial charge >= 0.3 is 0 Å². The van der Waals surface area contributed by atoms with Crippen LogP contribution in [0.5, 0.6) is 0 Å². The number of hydrogen-bond acceptors (Lipinski definition) is 6. The number of carbonyl (C=O) groups is 2. The van der Waals surface area contributed by atoms with E-state index in [0.717, 1.165) is 0 Å². The number of sulfonamides is 1. The van der Waals surface area contributed by atoms with Gasteiger partial charge in [-0.05, 0) is 25.7 Å². The van der Waals surface area contributed by atoms with E-state index in [1.165, 1.54) is 26.1 Å². The van der Waals surface area contributed by atoms with Gasteiger partial charge in [0, 0.05) is 33.7 Å². The smallest absolute Gasteiger partial charge is 0.271 e. The summed E-state index contributed by atoms with van der Waals surface area (Å²) in [6.45, 7) is 6.58. The van der Waals surface area contributed by atoms with Crippen LogP contribution in [-0.4, -0.2) is 63.7 Å². The molecule has 0 spiro atoms. The summed E-state index contributed by atoms with van der Waals surface area (Å²) in [6.07, 6.45) is 3.88. The molecule has 176 valence electrons. The van der Waals surface area contributed by atoms with Gasteiger partial charge in [0.25, 0.3) is 5.91 Å². The molecule has 1 saturated heterocycles. The molecule has 1 aliphatic heterocycles. The normalized spacial score (nSPS) is 17.5. The fourth-order valence-electron chi connectivity index (χ4n) is 3.66. The second-order valence-corrected chi connectivity index (χ2v) is 10.4. The molecule has 0 saturated carbocycles. The molecule has 2 aromatic heterocycles. The minimum absolute atomic E-state index is 0.0671. The van der Waals surface area contributed by atoms with E-state index in [4.69, 9.17) is 0 Å². The van der Waals surface area contributed by atoms with Crippen molar-refractivity contribution in [1.82, 2.24) is 29.2 Å². The van der Waals surface area contributed by atoms with Crippen molar-refractivity contribution < 1.29 is 18.0 Å². The lowest BCUT2D eigenvalue weighted by Gasteiger charge is -2.31. The van der Waals surface area contributed by atoms with E-state index in [9.17, 15) is 18.0 Å². The van der Waals surface area contributed by atoms with Crippen LogP contribution in [0.25, 0.3) is 0 Å². The fraction of sp³-hybridized carbons (Fsp3) is 0.600. The van der Waals surface area contributed by atoms with E-state index in [1.807, 2.05) is 13.8 Å². The number of anilines is 1. The first-order chi connectivity index (χ1) is 15.0. The van der Waals surface area contributed by atoms with E-state index in [-0.39, 0.29) is 34.9 Å². The largest absolute Gasteiger partial charge is 0.350 e. The Hall–Kier alpha value is -2.73. The van der Waals surface area contributed by atoms with Gasteiger partial charge in [0.05, 0.1) is 29.7 Å². The molecule has 0 unspecified atom stereocenters. The van der Waals surface area contributed by atoms with E-state index < -0.39 is 15.9 Å². The topological polar surface area (TPSA) is 131 Å². The molecule has 11 nitrogen and oxygen atoms in total. The number of carbonyl (C=O) groups excluding carboxylic acids is 2. The lowest BCUT2D eigenvalue weighted by Crippen LogP contribution is -2.44. The molecule has 0 radical (unpaired) electrons. The van der Waals surface area contributed by atoms with E-state index in [0.29, 0.717) is 37.3 Å². The highest BCUT2D eigenvalue weighted by atomic mass is 32.2. The van der Waals surface area contributed by atoms with Crippen LogP contribution < -0.4 is 10.6 Å². The molecule has 1 aliphatic rings. The zero-order valence-corrected chi connectivity index (χ0v) is 19.9. The summed E-state index contributed by atoms with van der Waals surface area (Å²) in [7, 11) is -0.441. The van der Waals surface area contributed by atoms with Crippen molar-refractivity contribution >= 4 is 27.5 Å². The van der Waals surface area contributed by atoms with Gasteiger partial charge in [0.2, 0.25) is 15.9 Å². The maximum absolute atomic E-state index is 13.1. The first-order valence-corrected chi connectivity index (χ1v) is 12.1. The Morgan fingerprint density at radius 1 is 1.19 bits per heavy atom. The lowest BCUT2D eigenvalue weighted by atomic mass is 9.98. The summed E-state index contributed by atoms with van der Waals surface area (Å²) in [5, 5.41) is 13.7. The summed E-state index contributed by atoms with van der Waals surface area (Å²) in [5.41, 5.74) is 1.11. The Morgan fingerprint density at radius 3 is 2.50 bits per heavy atom. The first-order valence-electron chi connectivity index (χ1n) is 10.6.